The van der Waals surface area contributed by atoms with Crippen molar-refractivity contribution in [3.05, 3.63) is 48.6 Å². The van der Waals surface area contributed by atoms with E-state index in [1.165, 1.54) is 0 Å². The zero-order valence-electron chi connectivity index (χ0n) is 14.3. The Morgan fingerprint density at radius 2 is 1.72 bits per heavy atom. The SMILES string of the molecule is CCOc1c(I)cc(/C=N/NCc2ccc(OC)c(OC)c2)cc1I. The second-order valence-corrected chi connectivity index (χ2v) is 7.35. The second-order valence-electron chi connectivity index (χ2n) is 5.03. The van der Waals surface area contributed by atoms with E-state index in [2.05, 4.69) is 67.8 Å². The van der Waals surface area contributed by atoms with E-state index in [0.717, 1.165) is 24.0 Å². The summed E-state index contributed by atoms with van der Waals surface area (Å²) in [5, 5.41) is 4.30. The van der Waals surface area contributed by atoms with Crippen molar-refractivity contribution in [3.8, 4) is 17.2 Å². The van der Waals surface area contributed by atoms with Crippen molar-refractivity contribution in [2.75, 3.05) is 20.8 Å². The van der Waals surface area contributed by atoms with Crippen molar-refractivity contribution in [1.29, 1.82) is 0 Å². The molecule has 0 saturated heterocycles. The molecule has 2 aromatic rings. The minimum Gasteiger partial charge on any atom is -0.493 e. The molecule has 0 heterocycles. The number of hydrogen-bond donors (Lipinski definition) is 1. The lowest BCUT2D eigenvalue weighted by Gasteiger charge is -2.10. The first-order valence-corrected chi connectivity index (χ1v) is 9.83. The number of nitrogens with zero attached hydrogens (tertiary/aromatic N) is 1. The molecule has 0 atom stereocenters. The van der Waals surface area contributed by atoms with Crippen molar-refractivity contribution >= 4 is 51.4 Å². The standard InChI is InChI=1S/C18H20I2N2O3/c1-4-25-18-14(19)7-13(8-15(18)20)11-22-21-10-12-5-6-16(23-2)17(9-12)24-3/h5-9,11,21H,4,10H2,1-3H3/b22-11+. The molecule has 0 aliphatic heterocycles. The number of benzene rings is 2. The number of nitrogens with one attached hydrogen (secondary N) is 1. The highest BCUT2D eigenvalue weighted by Gasteiger charge is 2.07. The van der Waals surface area contributed by atoms with Crippen LogP contribution in [0.1, 0.15) is 18.1 Å². The highest BCUT2D eigenvalue weighted by molar-refractivity contribution is 14.1. The van der Waals surface area contributed by atoms with Crippen LogP contribution in [0.3, 0.4) is 0 Å². The molecule has 25 heavy (non-hydrogen) atoms. The zero-order valence-corrected chi connectivity index (χ0v) is 18.6. The van der Waals surface area contributed by atoms with Gasteiger partial charge in [-0.2, -0.15) is 5.10 Å². The minimum atomic E-state index is 0.599. The topological polar surface area (TPSA) is 52.1 Å². The third-order valence-electron chi connectivity index (χ3n) is 3.35. The summed E-state index contributed by atoms with van der Waals surface area (Å²) in [4.78, 5) is 0. The number of hydrogen-bond acceptors (Lipinski definition) is 5. The van der Waals surface area contributed by atoms with Crippen LogP contribution in [-0.4, -0.2) is 27.0 Å². The van der Waals surface area contributed by atoms with Gasteiger partial charge in [-0.1, -0.05) is 6.07 Å². The number of halogens is 2. The third kappa shape index (κ3) is 5.63. The first-order chi connectivity index (χ1) is 12.1. The van der Waals surface area contributed by atoms with Gasteiger partial charge < -0.3 is 19.6 Å². The average Bonchev–Trinajstić information content (AvgIpc) is 2.61. The Kier molecular flexibility index (Phi) is 8.07. The fraction of sp³-hybridized carbons (Fsp3) is 0.278. The molecular formula is C18H20I2N2O3. The molecule has 1 N–H and O–H groups in total. The Balaban J connectivity index is 2.00. The van der Waals surface area contributed by atoms with Crippen LogP contribution < -0.4 is 19.6 Å². The summed E-state index contributed by atoms with van der Waals surface area (Å²) in [6, 6.07) is 9.90. The maximum atomic E-state index is 5.65. The van der Waals surface area contributed by atoms with Gasteiger partial charge in [-0.25, -0.2) is 0 Å². The largest absolute Gasteiger partial charge is 0.493 e. The molecule has 0 spiro atoms. The predicted molar refractivity (Wildman–Crippen MR) is 117 cm³/mol. The van der Waals surface area contributed by atoms with E-state index >= 15 is 0 Å². The quantitative estimate of drug-likeness (QED) is 0.292. The molecule has 0 aromatic heterocycles. The second kappa shape index (κ2) is 10.0. The first kappa shape index (κ1) is 20.1. The summed E-state index contributed by atoms with van der Waals surface area (Å²) in [5.74, 6) is 2.36. The summed E-state index contributed by atoms with van der Waals surface area (Å²) in [5.41, 5.74) is 5.14. The van der Waals surface area contributed by atoms with Gasteiger partial charge in [-0.3, -0.25) is 0 Å². The van der Waals surface area contributed by atoms with Gasteiger partial charge in [0.05, 0.1) is 40.7 Å². The summed E-state index contributed by atoms with van der Waals surface area (Å²) in [6.45, 7) is 3.24. The van der Waals surface area contributed by atoms with Gasteiger partial charge in [0.2, 0.25) is 0 Å². The molecule has 0 aliphatic rings. The van der Waals surface area contributed by atoms with Gasteiger partial charge in [0.15, 0.2) is 11.5 Å². The fourth-order valence-corrected chi connectivity index (χ4v) is 4.31. The molecule has 7 heteroatoms. The number of ether oxygens (including phenoxy) is 3. The molecule has 0 amide bonds. The highest BCUT2D eigenvalue weighted by atomic mass is 127. The van der Waals surface area contributed by atoms with Crippen LogP contribution >= 0.6 is 45.2 Å². The van der Waals surface area contributed by atoms with Crippen LogP contribution in [0.15, 0.2) is 35.4 Å². The molecule has 2 aromatic carbocycles. The number of methoxy groups -OCH3 is 2. The Morgan fingerprint density at radius 3 is 2.32 bits per heavy atom. The van der Waals surface area contributed by atoms with Crippen LogP contribution in [0.25, 0.3) is 0 Å². The third-order valence-corrected chi connectivity index (χ3v) is 4.95. The Labute approximate surface area is 175 Å². The van der Waals surface area contributed by atoms with E-state index in [1.54, 1.807) is 20.4 Å². The molecule has 0 aliphatic carbocycles. The van der Waals surface area contributed by atoms with Crippen LogP contribution in [0.4, 0.5) is 0 Å². The number of hydrazone groups is 1. The van der Waals surface area contributed by atoms with Gasteiger partial charge in [0, 0.05) is 0 Å². The fourth-order valence-electron chi connectivity index (χ4n) is 2.18. The molecule has 134 valence electrons. The van der Waals surface area contributed by atoms with Gasteiger partial charge in [0.25, 0.3) is 0 Å². The monoisotopic (exact) mass is 566 g/mol. The minimum absolute atomic E-state index is 0.599. The van der Waals surface area contributed by atoms with E-state index in [-0.39, 0.29) is 0 Å². The van der Waals surface area contributed by atoms with Gasteiger partial charge >= 0.3 is 0 Å². The lowest BCUT2D eigenvalue weighted by molar-refractivity contribution is 0.335. The van der Waals surface area contributed by atoms with Crippen LogP contribution in [-0.2, 0) is 6.54 Å². The zero-order chi connectivity index (χ0) is 18.2. The molecule has 0 saturated carbocycles. The maximum absolute atomic E-state index is 5.65. The first-order valence-electron chi connectivity index (χ1n) is 7.67. The van der Waals surface area contributed by atoms with Crippen molar-refractivity contribution in [2.24, 2.45) is 5.10 Å². The molecule has 0 radical (unpaired) electrons. The summed E-state index contributed by atoms with van der Waals surface area (Å²) >= 11 is 4.56. The number of rotatable bonds is 8. The molecule has 0 unspecified atom stereocenters. The molecular weight excluding hydrogens is 546 g/mol. The lowest BCUT2D eigenvalue weighted by Crippen LogP contribution is -2.06. The molecule has 2 rings (SSSR count). The van der Waals surface area contributed by atoms with E-state index in [0.29, 0.717) is 24.7 Å². The van der Waals surface area contributed by atoms with Gasteiger partial charge in [-0.15, -0.1) is 0 Å². The highest BCUT2D eigenvalue weighted by Crippen LogP contribution is 2.29. The normalized spacial score (nSPS) is 10.8. The van der Waals surface area contributed by atoms with E-state index < -0.39 is 0 Å². The predicted octanol–water partition coefficient (Wildman–Crippen LogP) is 4.44. The van der Waals surface area contributed by atoms with Crippen LogP contribution in [0, 0.1) is 7.14 Å². The van der Waals surface area contributed by atoms with Crippen molar-refractivity contribution in [2.45, 2.75) is 13.5 Å². The van der Waals surface area contributed by atoms with Gasteiger partial charge in [0.1, 0.15) is 5.75 Å². The van der Waals surface area contributed by atoms with Crippen molar-refractivity contribution in [1.82, 2.24) is 5.43 Å². The van der Waals surface area contributed by atoms with E-state index in [9.17, 15) is 0 Å². The Bertz CT molecular complexity index is 728. The Hall–Kier alpha value is -1.23. The van der Waals surface area contributed by atoms with Crippen molar-refractivity contribution < 1.29 is 14.2 Å². The van der Waals surface area contributed by atoms with E-state index in [4.69, 9.17) is 14.2 Å². The van der Waals surface area contributed by atoms with Crippen LogP contribution in [0.2, 0.25) is 0 Å². The summed E-state index contributed by atoms with van der Waals surface area (Å²) in [6.07, 6.45) is 1.81. The van der Waals surface area contributed by atoms with Crippen LogP contribution in [0.5, 0.6) is 17.2 Å². The van der Waals surface area contributed by atoms with E-state index in [1.807, 2.05) is 25.1 Å². The molecule has 0 bridgehead atoms. The van der Waals surface area contributed by atoms with Gasteiger partial charge in [-0.05, 0) is 87.5 Å². The molecule has 5 nitrogen and oxygen atoms in total. The average molecular weight is 566 g/mol. The summed E-state index contributed by atoms with van der Waals surface area (Å²) < 4.78 is 18.3. The Morgan fingerprint density at radius 1 is 1.04 bits per heavy atom. The smallest absolute Gasteiger partial charge is 0.161 e. The summed E-state index contributed by atoms with van der Waals surface area (Å²) in [7, 11) is 3.25. The molecule has 0 fully saturated rings. The van der Waals surface area contributed by atoms with Crippen molar-refractivity contribution in [3.63, 3.8) is 0 Å². The maximum Gasteiger partial charge on any atom is 0.161 e. The lowest BCUT2D eigenvalue weighted by atomic mass is 10.2.